The highest BCUT2D eigenvalue weighted by Crippen LogP contribution is 2.24. The Labute approximate surface area is 86.1 Å². The van der Waals surface area contributed by atoms with E-state index >= 15 is 0 Å². The Morgan fingerprint density at radius 1 is 1.21 bits per heavy atom. The average molecular weight is 190 g/mol. The third-order valence-electron chi connectivity index (χ3n) is 2.40. The summed E-state index contributed by atoms with van der Waals surface area (Å²) >= 11 is 0. The van der Waals surface area contributed by atoms with Crippen molar-refractivity contribution in [3.8, 4) is 0 Å². The summed E-state index contributed by atoms with van der Waals surface area (Å²) in [6.07, 6.45) is 0.944. The molecule has 0 saturated carbocycles. The standard InChI is InChI=1S/C13H18O/c1-10(2)9-13(11(3)14)12-7-5-4-6-8-12/h4-8,10,13H,9H2,1-3H3/t13-/m1/s1. The minimum Gasteiger partial charge on any atom is -0.299 e. The lowest BCUT2D eigenvalue weighted by Crippen LogP contribution is -2.11. The van der Waals surface area contributed by atoms with E-state index in [1.54, 1.807) is 6.92 Å². The van der Waals surface area contributed by atoms with Crippen LogP contribution in [-0.4, -0.2) is 5.78 Å². The molecule has 0 unspecified atom stereocenters. The summed E-state index contributed by atoms with van der Waals surface area (Å²) in [4.78, 5) is 11.5. The van der Waals surface area contributed by atoms with Gasteiger partial charge in [-0.15, -0.1) is 0 Å². The van der Waals surface area contributed by atoms with E-state index in [0.717, 1.165) is 12.0 Å². The molecule has 0 aliphatic heterocycles. The molecule has 0 saturated heterocycles. The normalized spacial score (nSPS) is 12.9. The maximum Gasteiger partial charge on any atom is 0.137 e. The summed E-state index contributed by atoms with van der Waals surface area (Å²) in [5.74, 6) is 0.908. The Balaban J connectivity index is 2.84. The van der Waals surface area contributed by atoms with Crippen LogP contribution in [0, 0.1) is 5.92 Å². The van der Waals surface area contributed by atoms with Crippen LogP contribution >= 0.6 is 0 Å². The van der Waals surface area contributed by atoms with Crippen LogP contribution in [0.3, 0.4) is 0 Å². The zero-order chi connectivity index (χ0) is 10.6. The molecule has 1 aromatic rings. The lowest BCUT2D eigenvalue weighted by molar-refractivity contribution is -0.118. The number of rotatable bonds is 4. The molecule has 1 atom stereocenters. The van der Waals surface area contributed by atoms with E-state index < -0.39 is 0 Å². The fourth-order valence-corrected chi connectivity index (χ4v) is 1.69. The van der Waals surface area contributed by atoms with Gasteiger partial charge in [0.25, 0.3) is 0 Å². The topological polar surface area (TPSA) is 17.1 Å². The molecular weight excluding hydrogens is 172 g/mol. The summed E-state index contributed by atoms with van der Waals surface area (Å²) in [5.41, 5.74) is 1.15. The summed E-state index contributed by atoms with van der Waals surface area (Å²) < 4.78 is 0. The fourth-order valence-electron chi connectivity index (χ4n) is 1.69. The monoisotopic (exact) mass is 190 g/mol. The molecule has 0 bridgehead atoms. The summed E-state index contributed by atoms with van der Waals surface area (Å²) in [7, 11) is 0. The first-order chi connectivity index (χ1) is 6.61. The third-order valence-corrected chi connectivity index (χ3v) is 2.40. The van der Waals surface area contributed by atoms with Gasteiger partial charge in [-0.25, -0.2) is 0 Å². The van der Waals surface area contributed by atoms with Crippen molar-refractivity contribution in [2.24, 2.45) is 5.92 Å². The van der Waals surface area contributed by atoms with Gasteiger partial charge in [0.1, 0.15) is 5.78 Å². The second kappa shape index (κ2) is 4.94. The average Bonchev–Trinajstić information content (AvgIpc) is 2.15. The molecule has 1 aromatic carbocycles. The SMILES string of the molecule is CC(=O)[C@@H](CC(C)C)c1ccccc1. The van der Waals surface area contributed by atoms with E-state index in [4.69, 9.17) is 0 Å². The third kappa shape index (κ3) is 2.99. The molecule has 0 aromatic heterocycles. The Morgan fingerprint density at radius 2 is 1.79 bits per heavy atom. The van der Waals surface area contributed by atoms with Crippen LogP contribution in [-0.2, 0) is 4.79 Å². The van der Waals surface area contributed by atoms with E-state index in [1.165, 1.54) is 0 Å². The number of hydrogen-bond acceptors (Lipinski definition) is 1. The summed E-state index contributed by atoms with van der Waals surface area (Å²) in [6.45, 7) is 5.98. The molecule has 0 fully saturated rings. The van der Waals surface area contributed by atoms with Crippen LogP contribution in [0.15, 0.2) is 30.3 Å². The molecule has 1 rings (SSSR count). The van der Waals surface area contributed by atoms with E-state index in [9.17, 15) is 4.79 Å². The van der Waals surface area contributed by atoms with Gasteiger partial charge in [-0.1, -0.05) is 44.2 Å². The number of ketones is 1. The van der Waals surface area contributed by atoms with Crippen LogP contribution in [0.1, 0.15) is 38.7 Å². The van der Waals surface area contributed by atoms with Crippen molar-refractivity contribution in [3.05, 3.63) is 35.9 Å². The van der Waals surface area contributed by atoms with Gasteiger partial charge in [0.15, 0.2) is 0 Å². The van der Waals surface area contributed by atoms with Crippen molar-refractivity contribution in [3.63, 3.8) is 0 Å². The number of hydrogen-bond donors (Lipinski definition) is 0. The smallest absolute Gasteiger partial charge is 0.137 e. The quantitative estimate of drug-likeness (QED) is 0.711. The van der Waals surface area contributed by atoms with Gasteiger partial charge in [-0.2, -0.15) is 0 Å². The molecule has 1 nitrogen and oxygen atoms in total. The van der Waals surface area contributed by atoms with Crippen molar-refractivity contribution < 1.29 is 4.79 Å². The van der Waals surface area contributed by atoms with Gasteiger partial charge in [0.2, 0.25) is 0 Å². The van der Waals surface area contributed by atoms with Crippen molar-refractivity contribution in [2.45, 2.75) is 33.1 Å². The molecule has 0 aliphatic carbocycles. The Bertz CT molecular complexity index is 287. The Kier molecular flexibility index (Phi) is 3.87. The highest BCUT2D eigenvalue weighted by molar-refractivity contribution is 5.83. The van der Waals surface area contributed by atoms with Gasteiger partial charge < -0.3 is 0 Å². The van der Waals surface area contributed by atoms with Gasteiger partial charge in [-0.3, -0.25) is 4.79 Å². The summed E-state index contributed by atoms with van der Waals surface area (Å²) in [5, 5.41) is 0. The van der Waals surface area contributed by atoms with Crippen molar-refractivity contribution in [2.75, 3.05) is 0 Å². The van der Waals surface area contributed by atoms with E-state index in [-0.39, 0.29) is 11.7 Å². The maximum absolute atomic E-state index is 11.5. The van der Waals surface area contributed by atoms with Crippen LogP contribution in [0.5, 0.6) is 0 Å². The Hall–Kier alpha value is -1.11. The maximum atomic E-state index is 11.5. The number of carbonyl (C=O) groups excluding carboxylic acids is 1. The number of benzene rings is 1. The second-order valence-corrected chi connectivity index (χ2v) is 4.20. The number of carbonyl (C=O) groups is 1. The molecule has 0 heterocycles. The molecule has 0 spiro atoms. The first-order valence-electron chi connectivity index (χ1n) is 5.16. The van der Waals surface area contributed by atoms with Gasteiger partial charge in [-0.05, 0) is 24.8 Å². The molecule has 0 N–H and O–H groups in total. The van der Waals surface area contributed by atoms with Crippen molar-refractivity contribution >= 4 is 5.78 Å². The van der Waals surface area contributed by atoms with Gasteiger partial charge >= 0.3 is 0 Å². The minimum atomic E-state index is 0.0798. The molecule has 14 heavy (non-hydrogen) atoms. The van der Waals surface area contributed by atoms with Gasteiger partial charge in [0, 0.05) is 5.92 Å². The van der Waals surface area contributed by atoms with Gasteiger partial charge in [0.05, 0.1) is 0 Å². The van der Waals surface area contributed by atoms with E-state index in [2.05, 4.69) is 13.8 Å². The lowest BCUT2D eigenvalue weighted by atomic mass is 9.88. The highest BCUT2D eigenvalue weighted by Gasteiger charge is 2.17. The van der Waals surface area contributed by atoms with E-state index in [0.29, 0.717) is 5.92 Å². The zero-order valence-electron chi connectivity index (χ0n) is 9.16. The first kappa shape index (κ1) is 11.0. The van der Waals surface area contributed by atoms with Crippen LogP contribution in [0.25, 0.3) is 0 Å². The predicted octanol–water partition coefficient (Wildman–Crippen LogP) is 3.41. The number of Topliss-reactive ketones (excluding diaryl/α,β-unsaturated/α-hetero) is 1. The molecular formula is C13H18O. The first-order valence-corrected chi connectivity index (χ1v) is 5.16. The largest absolute Gasteiger partial charge is 0.299 e. The molecule has 0 aliphatic rings. The molecule has 1 heteroatoms. The minimum absolute atomic E-state index is 0.0798. The molecule has 0 amide bonds. The van der Waals surface area contributed by atoms with Crippen LogP contribution in [0.4, 0.5) is 0 Å². The molecule has 0 radical (unpaired) electrons. The predicted molar refractivity (Wildman–Crippen MR) is 59.3 cm³/mol. The lowest BCUT2D eigenvalue weighted by Gasteiger charge is -2.16. The second-order valence-electron chi connectivity index (χ2n) is 4.20. The van der Waals surface area contributed by atoms with Crippen molar-refractivity contribution in [1.82, 2.24) is 0 Å². The Morgan fingerprint density at radius 3 is 2.21 bits per heavy atom. The fraction of sp³-hybridized carbons (Fsp3) is 0.462. The summed E-state index contributed by atoms with van der Waals surface area (Å²) in [6, 6.07) is 10.0. The van der Waals surface area contributed by atoms with E-state index in [1.807, 2.05) is 30.3 Å². The van der Waals surface area contributed by atoms with Crippen LogP contribution in [0.2, 0.25) is 0 Å². The molecule has 76 valence electrons. The van der Waals surface area contributed by atoms with Crippen LogP contribution < -0.4 is 0 Å². The zero-order valence-corrected chi connectivity index (χ0v) is 9.16. The van der Waals surface area contributed by atoms with Crippen molar-refractivity contribution in [1.29, 1.82) is 0 Å². The highest BCUT2D eigenvalue weighted by atomic mass is 16.1.